The highest BCUT2D eigenvalue weighted by Crippen LogP contribution is 2.18. The molecule has 1 heterocycles. The summed E-state index contributed by atoms with van der Waals surface area (Å²) in [6.45, 7) is 1.88. The highest BCUT2D eigenvalue weighted by Gasteiger charge is 2.21. The van der Waals surface area contributed by atoms with E-state index in [0.717, 1.165) is 5.56 Å². The third-order valence-electron chi connectivity index (χ3n) is 2.25. The van der Waals surface area contributed by atoms with Crippen LogP contribution in [0.5, 0.6) is 0 Å². The number of benzene rings is 1. The third-order valence-corrected chi connectivity index (χ3v) is 3.66. The summed E-state index contributed by atoms with van der Waals surface area (Å²) in [5.41, 5.74) is 1.23. The number of halogens is 1. The van der Waals surface area contributed by atoms with Crippen LogP contribution in [-0.4, -0.2) is 23.4 Å². The highest BCUT2D eigenvalue weighted by molar-refractivity contribution is 8.13. The number of nitrogens with zero attached hydrogens (tertiary/aromatic N) is 3. The monoisotopic (exact) mass is 271 g/mol. The largest absolute Gasteiger partial charge is 0.280 e. The van der Waals surface area contributed by atoms with Crippen molar-refractivity contribution in [2.45, 2.75) is 18.5 Å². The van der Waals surface area contributed by atoms with Crippen LogP contribution in [0.4, 0.5) is 0 Å². The van der Waals surface area contributed by atoms with Gasteiger partial charge in [-0.1, -0.05) is 35.5 Å². The maximum atomic E-state index is 11.4. The van der Waals surface area contributed by atoms with Crippen LogP contribution in [0.15, 0.2) is 35.4 Å². The van der Waals surface area contributed by atoms with E-state index in [-0.39, 0.29) is 5.03 Å². The Morgan fingerprint density at radius 3 is 2.53 bits per heavy atom. The predicted molar refractivity (Wildman–Crippen MR) is 63.3 cm³/mol. The molecule has 5 nitrogen and oxygen atoms in total. The van der Waals surface area contributed by atoms with E-state index in [2.05, 4.69) is 10.3 Å². The summed E-state index contributed by atoms with van der Waals surface area (Å²) in [5, 5.41) is 7.46. The van der Waals surface area contributed by atoms with Crippen LogP contribution >= 0.6 is 10.7 Å². The zero-order valence-corrected chi connectivity index (χ0v) is 10.6. The Balaban J connectivity index is 2.42. The molecule has 7 heteroatoms. The second-order valence-corrected chi connectivity index (χ2v) is 6.04. The molecule has 0 bridgehead atoms. The van der Waals surface area contributed by atoms with E-state index in [1.165, 1.54) is 4.68 Å². The Hall–Kier alpha value is -1.40. The molecule has 0 saturated heterocycles. The Morgan fingerprint density at radius 2 is 1.94 bits per heavy atom. The molecule has 90 valence electrons. The maximum Gasteiger partial charge on any atom is 0.280 e. The van der Waals surface area contributed by atoms with Crippen molar-refractivity contribution in [3.8, 4) is 0 Å². The van der Waals surface area contributed by atoms with Crippen LogP contribution in [-0.2, 0) is 15.6 Å². The molecule has 0 amide bonds. The first kappa shape index (κ1) is 12.1. The molecule has 0 aliphatic carbocycles. The van der Waals surface area contributed by atoms with Gasteiger partial charge in [0.2, 0.25) is 0 Å². The molecular weight excluding hydrogens is 262 g/mol. The molecule has 0 fully saturated rings. The number of aryl methyl sites for hydroxylation is 1. The molecule has 0 aliphatic rings. The molecule has 0 unspecified atom stereocenters. The molecule has 0 atom stereocenters. The molecule has 0 saturated carbocycles. The van der Waals surface area contributed by atoms with Crippen LogP contribution in [0.3, 0.4) is 0 Å². The first-order valence-corrected chi connectivity index (χ1v) is 7.18. The molecule has 2 rings (SSSR count). The first-order valence-electron chi connectivity index (χ1n) is 4.87. The summed E-state index contributed by atoms with van der Waals surface area (Å²) in [5.74, 6) is 0. The van der Waals surface area contributed by atoms with Crippen LogP contribution < -0.4 is 0 Å². The lowest BCUT2D eigenvalue weighted by Gasteiger charge is -2.04. The van der Waals surface area contributed by atoms with Crippen molar-refractivity contribution in [2.75, 3.05) is 0 Å². The van der Waals surface area contributed by atoms with Gasteiger partial charge in [0, 0.05) is 10.7 Å². The van der Waals surface area contributed by atoms with E-state index in [1.54, 1.807) is 6.92 Å². The molecule has 0 aliphatic heterocycles. The predicted octanol–water partition coefficient (Wildman–Crippen LogP) is 1.56. The second kappa shape index (κ2) is 4.46. The van der Waals surface area contributed by atoms with Crippen molar-refractivity contribution in [1.82, 2.24) is 15.0 Å². The van der Waals surface area contributed by atoms with Gasteiger partial charge in [-0.05, 0) is 12.5 Å². The van der Waals surface area contributed by atoms with Gasteiger partial charge in [0.15, 0.2) is 5.03 Å². The summed E-state index contributed by atoms with van der Waals surface area (Å²) >= 11 is 0. The lowest BCUT2D eigenvalue weighted by Crippen LogP contribution is -2.09. The molecular formula is C10H10ClN3O2S. The Labute approximate surface area is 103 Å². The van der Waals surface area contributed by atoms with Crippen molar-refractivity contribution in [3.05, 3.63) is 41.6 Å². The lowest BCUT2D eigenvalue weighted by molar-refractivity contribution is 0.565. The molecule has 0 radical (unpaired) electrons. The molecule has 0 spiro atoms. The van der Waals surface area contributed by atoms with E-state index < -0.39 is 9.05 Å². The lowest BCUT2D eigenvalue weighted by atomic mass is 10.2. The third kappa shape index (κ3) is 2.65. The number of aromatic nitrogens is 3. The van der Waals surface area contributed by atoms with E-state index in [9.17, 15) is 8.42 Å². The van der Waals surface area contributed by atoms with E-state index in [4.69, 9.17) is 10.7 Å². The van der Waals surface area contributed by atoms with E-state index >= 15 is 0 Å². The summed E-state index contributed by atoms with van der Waals surface area (Å²) < 4.78 is 24.1. The van der Waals surface area contributed by atoms with Gasteiger partial charge in [0.05, 0.1) is 12.2 Å². The SMILES string of the molecule is Cc1nnn(Cc2ccccc2)c1S(=O)(=O)Cl. The summed E-state index contributed by atoms with van der Waals surface area (Å²) in [6, 6.07) is 9.38. The summed E-state index contributed by atoms with van der Waals surface area (Å²) in [4.78, 5) is 0. The Bertz CT molecular complexity index is 622. The van der Waals surface area contributed by atoms with Gasteiger partial charge in [-0.25, -0.2) is 13.1 Å². The minimum atomic E-state index is -3.83. The second-order valence-electron chi connectivity index (χ2n) is 3.56. The first-order chi connectivity index (χ1) is 7.98. The van der Waals surface area contributed by atoms with Crippen molar-refractivity contribution < 1.29 is 8.42 Å². The standard InChI is InChI=1S/C10H10ClN3O2S/c1-8-10(17(11,15)16)14(13-12-8)7-9-5-3-2-4-6-9/h2-6H,7H2,1H3. The van der Waals surface area contributed by atoms with Gasteiger partial charge in [0.1, 0.15) is 0 Å². The molecule has 2 aromatic rings. The van der Waals surface area contributed by atoms with Gasteiger partial charge >= 0.3 is 0 Å². The summed E-state index contributed by atoms with van der Waals surface area (Å²) in [6.07, 6.45) is 0. The highest BCUT2D eigenvalue weighted by atomic mass is 35.7. The van der Waals surface area contributed by atoms with Crippen LogP contribution in [0.2, 0.25) is 0 Å². The minimum Gasteiger partial charge on any atom is -0.228 e. The smallest absolute Gasteiger partial charge is 0.228 e. The van der Waals surface area contributed by atoms with Gasteiger partial charge in [-0.15, -0.1) is 5.10 Å². The Morgan fingerprint density at radius 1 is 1.29 bits per heavy atom. The van der Waals surface area contributed by atoms with Crippen LogP contribution in [0.25, 0.3) is 0 Å². The van der Waals surface area contributed by atoms with Crippen molar-refractivity contribution >= 4 is 19.7 Å². The number of hydrogen-bond donors (Lipinski definition) is 0. The average molecular weight is 272 g/mol. The molecule has 1 aromatic heterocycles. The quantitative estimate of drug-likeness (QED) is 0.795. The maximum absolute atomic E-state index is 11.4. The van der Waals surface area contributed by atoms with Gasteiger partial charge in [0.25, 0.3) is 9.05 Å². The van der Waals surface area contributed by atoms with E-state index in [0.29, 0.717) is 12.2 Å². The zero-order valence-electron chi connectivity index (χ0n) is 9.04. The molecule has 17 heavy (non-hydrogen) atoms. The number of hydrogen-bond acceptors (Lipinski definition) is 4. The van der Waals surface area contributed by atoms with Crippen molar-refractivity contribution in [2.24, 2.45) is 0 Å². The van der Waals surface area contributed by atoms with Crippen molar-refractivity contribution in [1.29, 1.82) is 0 Å². The van der Waals surface area contributed by atoms with Crippen molar-refractivity contribution in [3.63, 3.8) is 0 Å². The molecule has 1 aromatic carbocycles. The fraction of sp³-hybridized carbons (Fsp3) is 0.200. The summed E-state index contributed by atoms with van der Waals surface area (Å²) in [7, 11) is 1.52. The fourth-order valence-corrected chi connectivity index (χ4v) is 2.87. The average Bonchev–Trinajstić information content (AvgIpc) is 2.60. The number of rotatable bonds is 3. The Kier molecular flexibility index (Phi) is 3.17. The van der Waals surface area contributed by atoms with Gasteiger partial charge in [-0.2, -0.15) is 0 Å². The fourth-order valence-electron chi connectivity index (χ4n) is 1.55. The molecule has 0 N–H and O–H groups in total. The van der Waals surface area contributed by atoms with Gasteiger partial charge < -0.3 is 0 Å². The van der Waals surface area contributed by atoms with E-state index in [1.807, 2.05) is 30.3 Å². The van der Waals surface area contributed by atoms with Gasteiger partial charge in [-0.3, -0.25) is 0 Å². The van der Waals surface area contributed by atoms with Crippen LogP contribution in [0, 0.1) is 6.92 Å². The zero-order chi connectivity index (χ0) is 12.5. The minimum absolute atomic E-state index is 0.0528. The van der Waals surface area contributed by atoms with Crippen LogP contribution in [0.1, 0.15) is 11.3 Å². The normalized spacial score (nSPS) is 11.6. The topological polar surface area (TPSA) is 64.8 Å².